The third kappa shape index (κ3) is 4.63. The molecule has 0 bridgehead atoms. The van der Waals surface area contributed by atoms with Crippen LogP contribution in [0.4, 0.5) is 16.2 Å². The van der Waals surface area contributed by atoms with E-state index in [4.69, 9.17) is 0 Å². The Morgan fingerprint density at radius 3 is 2.48 bits per heavy atom. The van der Waals surface area contributed by atoms with Crippen LogP contribution in [-0.4, -0.2) is 49.1 Å². The van der Waals surface area contributed by atoms with Gasteiger partial charge >= 0.3 is 6.03 Å². The van der Waals surface area contributed by atoms with Crippen LogP contribution in [0.5, 0.6) is 0 Å². The van der Waals surface area contributed by atoms with E-state index in [-0.39, 0.29) is 17.4 Å². The van der Waals surface area contributed by atoms with Gasteiger partial charge in [-0.1, -0.05) is 12.1 Å². The van der Waals surface area contributed by atoms with E-state index in [0.29, 0.717) is 25.9 Å². The second-order valence-corrected chi connectivity index (χ2v) is 7.29. The molecular weight excluding hydrogens is 324 g/mol. The van der Waals surface area contributed by atoms with Crippen molar-refractivity contribution in [3.8, 4) is 0 Å². The van der Waals surface area contributed by atoms with Crippen LogP contribution in [0, 0.1) is 10.1 Å². The molecule has 0 aromatic heterocycles. The van der Waals surface area contributed by atoms with E-state index in [0.717, 1.165) is 6.26 Å². The average molecular weight is 342 g/mol. The van der Waals surface area contributed by atoms with Crippen LogP contribution >= 0.6 is 0 Å². The number of nitrogens with zero attached hydrogens (tertiary/aromatic N) is 2. The molecule has 1 saturated heterocycles. The fourth-order valence-electron chi connectivity index (χ4n) is 2.41. The molecule has 0 radical (unpaired) electrons. The van der Waals surface area contributed by atoms with Gasteiger partial charge in [0.15, 0.2) is 0 Å². The van der Waals surface area contributed by atoms with Gasteiger partial charge in [-0.05, 0) is 18.9 Å². The molecule has 9 nitrogen and oxygen atoms in total. The molecule has 1 aliphatic rings. The molecule has 0 atom stereocenters. The SMILES string of the molecule is CS(=O)(=O)N1CCC(NC(=O)Nc2ccccc2[N+](=O)[O-])CC1. The van der Waals surface area contributed by atoms with Gasteiger partial charge in [-0.15, -0.1) is 0 Å². The number of amides is 2. The smallest absolute Gasteiger partial charge is 0.319 e. The van der Waals surface area contributed by atoms with E-state index < -0.39 is 21.0 Å². The molecule has 1 aromatic carbocycles. The number of nitrogens with one attached hydrogen (secondary N) is 2. The molecule has 0 saturated carbocycles. The van der Waals surface area contributed by atoms with Gasteiger partial charge in [-0.2, -0.15) is 0 Å². The van der Waals surface area contributed by atoms with E-state index in [1.807, 2.05) is 0 Å². The van der Waals surface area contributed by atoms with Crippen molar-refractivity contribution in [2.45, 2.75) is 18.9 Å². The standard InChI is InChI=1S/C13H18N4O5S/c1-23(21,22)16-8-6-10(7-9-16)14-13(18)15-11-4-2-3-5-12(11)17(19)20/h2-5,10H,6-9H2,1H3,(H2,14,15,18). The minimum Gasteiger partial charge on any atom is -0.335 e. The zero-order valence-electron chi connectivity index (χ0n) is 12.6. The maximum absolute atomic E-state index is 12.0. The molecule has 10 heteroatoms. The first-order valence-electron chi connectivity index (χ1n) is 7.03. The van der Waals surface area contributed by atoms with E-state index in [1.54, 1.807) is 6.07 Å². The van der Waals surface area contributed by atoms with Crippen LogP contribution in [0.2, 0.25) is 0 Å². The number of anilines is 1. The summed E-state index contributed by atoms with van der Waals surface area (Å²) in [6, 6.07) is 5.15. The van der Waals surface area contributed by atoms with Gasteiger partial charge in [0.1, 0.15) is 5.69 Å². The molecule has 0 unspecified atom stereocenters. The highest BCUT2D eigenvalue weighted by molar-refractivity contribution is 7.88. The second kappa shape index (κ2) is 6.92. The molecule has 1 heterocycles. The van der Waals surface area contributed by atoms with E-state index in [1.165, 1.54) is 22.5 Å². The van der Waals surface area contributed by atoms with Gasteiger partial charge in [0.2, 0.25) is 10.0 Å². The maximum atomic E-state index is 12.0. The van der Waals surface area contributed by atoms with E-state index >= 15 is 0 Å². The Hall–Kier alpha value is -2.20. The van der Waals surface area contributed by atoms with Gasteiger partial charge in [-0.3, -0.25) is 10.1 Å². The summed E-state index contributed by atoms with van der Waals surface area (Å²) in [6.45, 7) is 0.685. The highest BCUT2D eigenvalue weighted by Crippen LogP contribution is 2.23. The first-order chi connectivity index (χ1) is 10.8. The molecule has 1 aromatic rings. The number of hydrogen-bond donors (Lipinski definition) is 2. The van der Waals surface area contributed by atoms with E-state index in [2.05, 4.69) is 10.6 Å². The highest BCUT2D eigenvalue weighted by Gasteiger charge is 2.26. The minimum absolute atomic E-state index is 0.114. The van der Waals surface area contributed by atoms with Crippen LogP contribution in [0.3, 0.4) is 0 Å². The zero-order chi connectivity index (χ0) is 17.0. The summed E-state index contributed by atoms with van der Waals surface area (Å²) in [6.07, 6.45) is 2.15. The number of hydrogen-bond acceptors (Lipinski definition) is 5. The Bertz CT molecular complexity index is 698. The summed E-state index contributed by atoms with van der Waals surface area (Å²) in [5, 5.41) is 16.1. The number of piperidine rings is 1. The van der Waals surface area contributed by atoms with Crippen LogP contribution in [-0.2, 0) is 10.0 Å². The Labute approximate surface area is 133 Å². The maximum Gasteiger partial charge on any atom is 0.319 e. The number of nitro groups is 1. The van der Waals surface area contributed by atoms with Gasteiger partial charge in [0, 0.05) is 25.2 Å². The lowest BCUT2D eigenvalue weighted by Crippen LogP contribution is -2.47. The molecule has 2 N–H and O–H groups in total. The minimum atomic E-state index is -3.21. The fourth-order valence-corrected chi connectivity index (χ4v) is 3.29. The largest absolute Gasteiger partial charge is 0.335 e. The summed E-state index contributed by atoms with van der Waals surface area (Å²) in [5.74, 6) is 0. The van der Waals surface area contributed by atoms with Crippen molar-refractivity contribution in [3.63, 3.8) is 0 Å². The number of para-hydroxylation sites is 2. The average Bonchev–Trinajstić information content (AvgIpc) is 2.47. The number of rotatable bonds is 4. The van der Waals surface area contributed by atoms with Crippen molar-refractivity contribution in [2.75, 3.05) is 24.7 Å². The summed E-state index contributed by atoms with van der Waals surface area (Å²) in [5.41, 5.74) is -0.0712. The Balaban J connectivity index is 1.91. The van der Waals surface area contributed by atoms with Gasteiger partial charge in [0.05, 0.1) is 11.2 Å². The molecule has 23 heavy (non-hydrogen) atoms. The van der Waals surface area contributed by atoms with Crippen LogP contribution in [0.1, 0.15) is 12.8 Å². The van der Waals surface area contributed by atoms with Crippen molar-refractivity contribution >= 4 is 27.4 Å². The van der Waals surface area contributed by atoms with Gasteiger partial charge in [-0.25, -0.2) is 17.5 Å². The monoisotopic (exact) mass is 342 g/mol. The number of carbonyl (C=O) groups is 1. The molecule has 2 amide bonds. The second-order valence-electron chi connectivity index (χ2n) is 5.31. The lowest BCUT2D eigenvalue weighted by atomic mass is 10.1. The van der Waals surface area contributed by atoms with Crippen molar-refractivity contribution in [2.24, 2.45) is 0 Å². The Morgan fingerprint density at radius 2 is 1.91 bits per heavy atom. The molecule has 1 fully saturated rings. The van der Waals surface area contributed by atoms with Crippen molar-refractivity contribution in [3.05, 3.63) is 34.4 Å². The van der Waals surface area contributed by atoms with Crippen molar-refractivity contribution in [1.82, 2.24) is 9.62 Å². The fraction of sp³-hybridized carbons (Fsp3) is 0.462. The molecule has 0 aliphatic carbocycles. The first kappa shape index (κ1) is 17.2. The number of benzene rings is 1. The first-order valence-corrected chi connectivity index (χ1v) is 8.88. The normalized spacial score (nSPS) is 16.7. The molecular formula is C13H18N4O5S. The number of carbonyl (C=O) groups excluding carboxylic acids is 1. The number of nitro benzene ring substituents is 1. The van der Waals surface area contributed by atoms with Crippen LogP contribution in [0.15, 0.2) is 24.3 Å². The Morgan fingerprint density at radius 1 is 1.30 bits per heavy atom. The predicted octanol–water partition coefficient (Wildman–Crippen LogP) is 1.14. The number of sulfonamides is 1. The molecule has 0 spiro atoms. The highest BCUT2D eigenvalue weighted by atomic mass is 32.2. The lowest BCUT2D eigenvalue weighted by molar-refractivity contribution is -0.383. The summed E-state index contributed by atoms with van der Waals surface area (Å²) in [7, 11) is -3.21. The quantitative estimate of drug-likeness (QED) is 0.627. The third-order valence-corrected chi connectivity index (χ3v) is 4.91. The predicted molar refractivity (Wildman–Crippen MR) is 84.7 cm³/mol. The summed E-state index contributed by atoms with van der Waals surface area (Å²) < 4.78 is 24.2. The van der Waals surface area contributed by atoms with Crippen molar-refractivity contribution in [1.29, 1.82) is 0 Å². The molecule has 2 rings (SSSR count). The summed E-state index contributed by atoms with van der Waals surface area (Å²) in [4.78, 5) is 22.3. The van der Waals surface area contributed by atoms with Crippen LogP contribution < -0.4 is 10.6 Å². The zero-order valence-corrected chi connectivity index (χ0v) is 13.4. The summed E-state index contributed by atoms with van der Waals surface area (Å²) >= 11 is 0. The topological polar surface area (TPSA) is 122 Å². The lowest BCUT2D eigenvalue weighted by Gasteiger charge is -2.30. The molecule has 1 aliphatic heterocycles. The van der Waals surface area contributed by atoms with Gasteiger partial charge < -0.3 is 10.6 Å². The Kier molecular flexibility index (Phi) is 5.16. The van der Waals surface area contributed by atoms with Gasteiger partial charge in [0.25, 0.3) is 5.69 Å². The number of urea groups is 1. The molecule has 126 valence electrons. The van der Waals surface area contributed by atoms with E-state index in [9.17, 15) is 23.3 Å². The van der Waals surface area contributed by atoms with Crippen LogP contribution in [0.25, 0.3) is 0 Å². The van der Waals surface area contributed by atoms with Crippen molar-refractivity contribution < 1.29 is 18.1 Å². The third-order valence-electron chi connectivity index (χ3n) is 3.61.